The molecule has 3 aromatic rings. The second-order valence-corrected chi connectivity index (χ2v) is 6.99. The quantitative estimate of drug-likeness (QED) is 0.699. The minimum atomic E-state index is -0.250. The Kier molecular flexibility index (Phi) is 5.01. The van der Waals surface area contributed by atoms with Crippen molar-refractivity contribution >= 4 is 49.1 Å². The van der Waals surface area contributed by atoms with Crippen molar-refractivity contribution in [2.45, 2.75) is 13.5 Å². The fraction of sp³-hybridized carbons (Fsp3) is 0.176. The number of benzene rings is 2. The number of nitrogens with zero attached hydrogens (tertiary/aromatic N) is 1. The summed E-state index contributed by atoms with van der Waals surface area (Å²) in [6.45, 7) is 2.49. The van der Waals surface area contributed by atoms with E-state index in [-0.39, 0.29) is 17.4 Å². The number of fused-ring (bicyclic) bond motifs is 1. The van der Waals surface area contributed by atoms with Crippen LogP contribution in [0.4, 0.5) is 5.69 Å². The summed E-state index contributed by atoms with van der Waals surface area (Å²) < 4.78 is 8.95. The van der Waals surface area contributed by atoms with E-state index < -0.39 is 0 Å². The molecule has 0 fully saturated rings. The van der Waals surface area contributed by atoms with Crippen molar-refractivity contribution in [1.29, 1.82) is 0 Å². The molecule has 1 N–H and O–H groups in total. The second-order valence-electron chi connectivity index (χ2n) is 5.09. The number of aromatic nitrogens is 1. The van der Waals surface area contributed by atoms with Crippen LogP contribution in [-0.2, 0) is 11.3 Å². The molecule has 0 saturated carbocycles. The monoisotopic (exact) mass is 406 g/mol. The summed E-state index contributed by atoms with van der Waals surface area (Å²) in [6.07, 6.45) is 0. The zero-order valence-corrected chi connectivity index (χ0v) is 15.3. The molecule has 1 amide bonds. The Morgan fingerprint density at radius 3 is 2.71 bits per heavy atom. The van der Waals surface area contributed by atoms with E-state index in [0.29, 0.717) is 18.0 Å². The predicted octanol–water partition coefficient (Wildman–Crippen LogP) is 3.86. The van der Waals surface area contributed by atoms with E-state index in [1.165, 1.54) is 11.3 Å². The first-order valence-electron chi connectivity index (χ1n) is 7.38. The van der Waals surface area contributed by atoms with Crippen LogP contribution in [0.25, 0.3) is 10.2 Å². The van der Waals surface area contributed by atoms with E-state index in [4.69, 9.17) is 4.74 Å². The molecule has 0 aliphatic carbocycles. The lowest BCUT2D eigenvalue weighted by molar-refractivity contribution is -0.118. The third-order valence-electron chi connectivity index (χ3n) is 3.45. The van der Waals surface area contributed by atoms with Gasteiger partial charge in [-0.3, -0.25) is 14.2 Å². The lowest BCUT2D eigenvalue weighted by Gasteiger charge is -2.08. The molecule has 124 valence electrons. The van der Waals surface area contributed by atoms with Crippen LogP contribution in [-0.4, -0.2) is 17.1 Å². The molecule has 0 aliphatic heterocycles. The zero-order chi connectivity index (χ0) is 17.1. The maximum Gasteiger partial charge on any atom is 0.308 e. The van der Waals surface area contributed by atoms with E-state index in [2.05, 4.69) is 21.2 Å². The topological polar surface area (TPSA) is 60.3 Å². The molecule has 0 saturated heterocycles. The summed E-state index contributed by atoms with van der Waals surface area (Å²) >= 11 is 4.52. The van der Waals surface area contributed by atoms with Gasteiger partial charge in [0.2, 0.25) is 0 Å². The summed E-state index contributed by atoms with van der Waals surface area (Å²) in [7, 11) is 0. The first-order chi connectivity index (χ1) is 11.6. The lowest BCUT2D eigenvalue weighted by atomic mass is 10.3. The fourth-order valence-electron chi connectivity index (χ4n) is 2.32. The highest BCUT2D eigenvalue weighted by molar-refractivity contribution is 9.10. The average molecular weight is 407 g/mol. The predicted molar refractivity (Wildman–Crippen MR) is 100 cm³/mol. The third kappa shape index (κ3) is 3.68. The van der Waals surface area contributed by atoms with Gasteiger partial charge in [0.15, 0.2) is 6.61 Å². The maximum atomic E-state index is 12.0. The third-order valence-corrected chi connectivity index (χ3v) is 4.92. The number of rotatable bonds is 5. The molecule has 0 bridgehead atoms. The molecule has 0 unspecified atom stereocenters. The molecule has 1 heterocycles. The molecular formula is C17H15BrN2O3S. The standard InChI is InChI=1S/C17H15BrN2O3S/c1-2-20-14-8-5-12(9-15(14)24-17(20)22)19-16(21)10-23-13-6-3-11(18)4-7-13/h3-9H,2,10H2,1H3,(H,19,21). The summed E-state index contributed by atoms with van der Waals surface area (Å²) in [5.74, 6) is 0.376. The van der Waals surface area contributed by atoms with Crippen LogP contribution in [0.3, 0.4) is 0 Å². The molecule has 0 radical (unpaired) electrons. The van der Waals surface area contributed by atoms with Gasteiger partial charge in [0.25, 0.3) is 5.91 Å². The Balaban J connectivity index is 1.66. The Hall–Kier alpha value is -2.12. The number of amides is 1. The first-order valence-corrected chi connectivity index (χ1v) is 8.99. The molecule has 2 aromatic carbocycles. The lowest BCUT2D eigenvalue weighted by Crippen LogP contribution is -2.20. The van der Waals surface area contributed by atoms with Gasteiger partial charge >= 0.3 is 4.87 Å². The van der Waals surface area contributed by atoms with Gasteiger partial charge in [-0.25, -0.2) is 0 Å². The van der Waals surface area contributed by atoms with Crippen LogP contribution < -0.4 is 14.9 Å². The van der Waals surface area contributed by atoms with Crippen LogP contribution in [0.2, 0.25) is 0 Å². The Bertz CT molecular complexity index is 931. The van der Waals surface area contributed by atoms with Crippen LogP contribution in [0, 0.1) is 0 Å². The first kappa shape index (κ1) is 16.7. The number of hydrogen-bond donors (Lipinski definition) is 1. The molecule has 0 atom stereocenters. The van der Waals surface area contributed by atoms with Crippen molar-refractivity contribution in [3.05, 3.63) is 56.6 Å². The van der Waals surface area contributed by atoms with Crippen molar-refractivity contribution in [3.63, 3.8) is 0 Å². The van der Waals surface area contributed by atoms with Crippen molar-refractivity contribution < 1.29 is 9.53 Å². The minimum absolute atomic E-state index is 0.00884. The molecule has 24 heavy (non-hydrogen) atoms. The number of anilines is 1. The highest BCUT2D eigenvalue weighted by Crippen LogP contribution is 2.22. The number of halogens is 1. The Labute approximate surface area is 151 Å². The van der Waals surface area contributed by atoms with Crippen LogP contribution >= 0.6 is 27.3 Å². The van der Waals surface area contributed by atoms with Gasteiger partial charge in [0.1, 0.15) is 5.75 Å². The minimum Gasteiger partial charge on any atom is -0.484 e. The molecular weight excluding hydrogens is 392 g/mol. The van der Waals surface area contributed by atoms with E-state index in [9.17, 15) is 9.59 Å². The van der Waals surface area contributed by atoms with Gasteiger partial charge in [-0.15, -0.1) is 0 Å². The van der Waals surface area contributed by atoms with E-state index >= 15 is 0 Å². The molecule has 1 aromatic heterocycles. The maximum absolute atomic E-state index is 12.0. The van der Waals surface area contributed by atoms with Crippen LogP contribution in [0.1, 0.15) is 6.92 Å². The highest BCUT2D eigenvalue weighted by Gasteiger charge is 2.09. The smallest absolute Gasteiger partial charge is 0.308 e. The van der Waals surface area contributed by atoms with Crippen LogP contribution in [0.5, 0.6) is 5.75 Å². The summed E-state index contributed by atoms with van der Waals surface area (Å²) in [5.41, 5.74) is 1.54. The molecule has 5 nitrogen and oxygen atoms in total. The SMILES string of the molecule is CCn1c(=O)sc2cc(NC(=O)COc3ccc(Br)cc3)ccc21. The van der Waals surface area contributed by atoms with Crippen molar-refractivity contribution in [3.8, 4) is 5.75 Å². The second kappa shape index (κ2) is 7.19. The van der Waals surface area contributed by atoms with Gasteiger partial charge in [0.05, 0.1) is 10.2 Å². The van der Waals surface area contributed by atoms with E-state index in [0.717, 1.165) is 14.7 Å². The summed E-state index contributed by atoms with van der Waals surface area (Å²) in [6, 6.07) is 12.7. The summed E-state index contributed by atoms with van der Waals surface area (Å²) in [5, 5.41) is 2.78. The van der Waals surface area contributed by atoms with Gasteiger partial charge in [0, 0.05) is 16.7 Å². The summed E-state index contributed by atoms with van der Waals surface area (Å²) in [4.78, 5) is 23.9. The number of hydrogen-bond acceptors (Lipinski definition) is 4. The van der Waals surface area contributed by atoms with Crippen molar-refractivity contribution in [2.24, 2.45) is 0 Å². The fourth-order valence-corrected chi connectivity index (χ4v) is 3.58. The van der Waals surface area contributed by atoms with Gasteiger partial charge in [-0.1, -0.05) is 27.3 Å². The van der Waals surface area contributed by atoms with Gasteiger partial charge in [-0.05, 0) is 49.4 Å². The Morgan fingerprint density at radius 2 is 2.00 bits per heavy atom. The number of aryl methyl sites for hydroxylation is 1. The highest BCUT2D eigenvalue weighted by atomic mass is 79.9. The zero-order valence-electron chi connectivity index (χ0n) is 12.9. The van der Waals surface area contributed by atoms with Gasteiger partial charge in [-0.2, -0.15) is 0 Å². The van der Waals surface area contributed by atoms with E-state index in [1.54, 1.807) is 22.8 Å². The van der Waals surface area contributed by atoms with Crippen molar-refractivity contribution in [1.82, 2.24) is 4.57 Å². The Morgan fingerprint density at radius 1 is 1.25 bits per heavy atom. The molecule has 0 aliphatic rings. The number of ether oxygens (including phenoxy) is 1. The van der Waals surface area contributed by atoms with Gasteiger partial charge < -0.3 is 10.1 Å². The van der Waals surface area contributed by atoms with Crippen molar-refractivity contribution in [2.75, 3.05) is 11.9 Å². The largest absolute Gasteiger partial charge is 0.484 e. The number of thiazole rings is 1. The number of nitrogens with one attached hydrogen (secondary N) is 1. The molecule has 7 heteroatoms. The van der Waals surface area contributed by atoms with Crippen LogP contribution in [0.15, 0.2) is 51.7 Å². The number of carbonyl (C=O) groups is 1. The normalized spacial score (nSPS) is 10.8. The average Bonchev–Trinajstić information content (AvgIpc) is 2.88. The van der Waals surface area contributed by atoms with E-state index in [1.807, 2.05) is 31.2 Å². The molecule has 3 rings (SSSR count). The molecule has 0 spiro atoms. The number of carbonyl (C=O) groups excluding carboxylic acids is 1.